The third-order valence-electron chi connectivity index (χ3n) is 2.79. The standard InChI is InChI=1S/C12H12ClN7O2S2/c1-24(22)3-2-9(21)20(7-17-19-14)12-10(13)18-11(23-12)8-4-15-6-16-5-8/h4-6H,2-3,7H2,1H3. The summed E-state index contributed by atoms with van der Waals surface area (Å²) in [6, 6.07) is 0. The molecule has 2 aromatic rings. The molecule has 0 saturated heterocycles. The zero-order valence-corrected chi connectivity index (χ0v) is 14.9. The Morgan fingerprint density at radius 3 is 2.83 bits per heavy atom. The van der Waals surface area contributed by atoms with E-state index >= 15 is 0 Å². The maximum absolute atomic E-state index is 12.4. The van der Waals surface area contributed by atoms with E-state index in [0.717, 1.165) is 11.3 Å². The number of halogens is 1. The van der Waals surface area contributed by atoms with Crippen molar-refractivity contribution in [3.63, 3.8) is 0 Å². The van der Waals surface area contributed by atoms with Gasteiger partial charge in [-0.15, -0.1) is 0 Å². The van der Waals surface area contributed by atoms with Crippen LogP contribution in [0, 0.1) is 0 Å². The zero-order valence-electron chi connectivity index (χ0n) is 12.5. The average molecular weight is 386 g/mol. The number of aromatic nitrogens is 3. The summed E-state index contributed by atoms with van der Waals surface area (Å²) >= 11 is 7.30. The van der Waals surface area contributed by atoms with Gasteiger partial charge in [0.2, 0.25) is 5.91 Å². The minimum atomic E-state index is -1.11. The van der Waals surface area contributed by atoms with E-state index < -0.39 is 10.8 Å². The number of hydrogen-bond acceptors (Lipinski definition) is 7. The van der Waals surface area contributed by atoms with E-state index in [1.54, 1.807) is 12.4 Å². The molecule has 0 aliphatic carbocycles. The quantitative estimate of drug-likeness (QED) is 0.411. The first-order chi connectivity index (χ1) is 11.5. The van der Waals surface area contributed by atoms with Gasteiger partial charge in [0.25, 0.3) is 0 Å². The van der Waals surface area contributed by atoms with Crippen LogP contribution in [0.25, 0.3) is 21.0 Å². The molecule has 0 radical (unpaired) electrons. The maximum atomic E-state index is 12.4. The molecule has 12 heteroatoms. The van der Waals surface area contributed by atoms with Crippen molar-refractivity contribution in [2.24, 2.45) is 5.11 Å². The van der Waals surface area contributed by atoms with Crippen LogP contribution in [-0.2, 0) is 15.6 Å². The number of carbonyl (C=O) groups is 1. The van der Waals surface area contributed by atoms with Crippen molar-refractivity contribution in [1.29, 1.82) is 0 Å². The molecule has 2 aromatic heterocycles. The number of amides is 1. The van der Waals surface area contributed by atoms with Gasteiger partial charge < -0.3 is 0 Å². The van der Waals surface area contributed by atoms with Gasteiger partial charge in [0.1, 0.15) is 23.0 Å². The molecule has 0 fully saturated rings. The average Bonchev–Trinajstić information content (AvgIpc) is 2.96. The molecule has 0 bridgehead atoms. The molecule has 2 heterocycles. The van der Waals surface area contributed by atoms with Crippen molar-refractivity contribution in [3.8, 4) is 10.6 Å². The lowest BCUT2D eigenvalue weighted by molar-refractivity contribution is -0.118. The van der Waals surface area contributed by atoms with E-state index in [9.17, 15) is 9.00 Å². The van der Waals surface area contributed by atoms with Gasteiger partial charge in [-0.2, -0.15) is 0 Å². The molecule has 9 nitrogen and oxygen atoms in total. The van der Waals surface area contributed by atoms with E-state index in [4.69, 9.17) is 17.1 Å². The Morgan fingerprint density at radius 2 is 2.21 bits per heavy atom. The fraction of sp³-hybridized carbons (Fsp3) is 0.333. The predicted octanol–water partition coefficient (Wildman–Crippen LogP) is 2.62. The summed E-state index contributed by atoms with van der Waals surface area (Å²) < 4.78 is 11.2. The minimum Gasteiger partial charge on any atom is -0.295 e. The van der Waals surface area contributed by atoms with E-state index in [0.29, 0.717) is 15.6 Å². The van der Waals surface area contributed by atoms with Crippen molar-refractivity contribution in [1.82, 2.24) is 15.0 Å². The van der Waals surface area contributed by atoms with Crippen LogP contribution < -0.4 is 4.90 Å². The third-order valence-corrected chi connectivity index (χ3v) is 5.08. The second-order valence-electron chi connectivity index (χ2n) is 4.46. The maximum Gasteiger partial charge on any atom is 0.228 e. The first-order valence-electron chi connectivity index (χ1n) is 6.56. The number of nitrogens with zero attached hydrogens (tertiary/aromatic N) is 7. The van der Waals surface area contributed by atoms with Crippen LogP contribution in [0.15, 0.2) is 23.8 Å². The first-order valence-corrected chi connectivity index (χ1v) is 9.48. The Kier molecular flexibility index (Phi) is 6.62. The summed E-state index contributed by atoms with van der Waals surface area (Å²) in [7, 11) is -1.11. The van der Waals surface area contributed by atoms with Gasteiger partial charge >= 0.3 is 0 Å². The number of carbonyl (C=O) groups excluding carboxylic acids is 1. The lowest BCUT2D eigenvalue weighted by atomic mass is 10.4. The van der Waals surface area contributed by atoms with E-state index in [2.05, 4.69) is 25.0 Å². The number of hydrogen-bond donors (Lipinski definition) is 0. The van der Waals surface area contributed by atoms with Crippen LogP contribution in [0.4, 0.5) is 5.00 Å². The molecule has 0 aliphatic heterocycles. The van der Waals surface area contributed by atoms with Gasteiger partial charge in [0.15, 0.2) is 5.15 Å². The van der Waals surface area contributed by atoms with Gasteiger partial charge in [-0.3, -0.25) is 13.9 Å². The normalized spacial score (nSPS) is 11.6. The molecule has 0 N–H and O–H groups in total. The predicted molar refractivity (Wildman–Crippen MR) is 93.2 cm³/mol. The monoisotopic (exact) mass is 385 g/mol. The first kappa shape index (κ1) is 18.3. The van der Waals surface area contributed by atoms with Crippen molar-refractivity contribution in [2.45, 2.75) is 6.42 Å². The molecule has 0 spiro atoms. The fourth-order valence-corrected chi connectivity index (χ4v) is 3.46. The Bertz CT molecular complexity index is 792. The molecular formula is C12H12ClN7O2S2. The summed E-state index contributed by atoms with van der Waals surface area (Å²) in [5.41, 5.74) is 9.18. The van der Waals surface area contributed by atoms with Crippen molar-refractivity contribution >= 4 is 44.6 Å². The molecule has 0 aliphatic rings. The van der Waals surface area contributed by atoms with Crippen LogP contribution in [0.1, 0.15) is 6.42 Å². The summed E-state index contributed by atoms with van der Waals surface area (Å²) in [5, 5.41) is 4.43. The van der Waals surface area contributed by atoms with Crippen molar-refractivity contribution in [3.05, 3.63) is 34.3 Å². The number of rotatable bonds is 7. The highest BCUT2D eigenvalue weighted by atomic mass is 35.5. The van der Waals surface area contributed by atoms with Gasteiger partial charge in [-0.25, -0.2) is 15.0 Å². The molecule has 1 unspecified atom stereocenters. The fourth-order valence-electron chi connectivity index (χ4n) is 1.71. The number of thiazole rings is 1. The van der Waals surface area contributed by atoms with Crippen LogP contribution in [0.2, 0.25) is 5.15 Å². The third kappa shape index (κ3) is 4.71. The summed E-state index contributed by atoms with van der Waals surface area (Å²) in [6.45, 7) is -0.224. The van der Waals surface area contributed by atoms with Crippen molar-refractivity contribution in [2.75, 3.05) is 23.6 Å². The van der Waals surface area contributed by atoms with Crippen LogP contribution in [0.5, 0.6) is 0 Å². The van der Waals surface area contributed by atoms with Gasteiger partial charge in [-0.05, 0) is 5.53 Å². The highest BCUT2D eigenvalue weighted by molar-refractivity contribution is 7.84. The largest absolute Gasteiger partial charge is 0.295 e. The minimum absolute atomic E-state index is 0.0437. The summed E-state index contributed by atoms with van der Waals surface area (Å²) in [4.78, 5) is 28.3. The Balaban J connectivity index is 2.32. The smallest absolute Gasteiger partial charge is 0.228 e. The van der Waals surface area contributed by atoms with Gasteiger partial charge in [0, 0.05) is 52.1 Å². The summed E-state index contributed by atoms with van der Waals surface area (Å²) in [5.74, 6) is -0.138. The molecule has 1 amide bonds. The lowest BCUT2D eigenvalue weighted by Crippen LogP contribution is -2.31. The Hall–Kier alpha value is -2.07. The Labute approximate surface area is 148 Å². The molecular weight excluding hydrogens is 374 g/mol. The molecule has 0 aromatic carbocycles. The van der Waals surface area contributed by atoms with E-state index in [1.807, 2.05) is 0 Å². The Morgan fingerprint density at radius 1 is 1.50 bits per heavy atom. The second-order valence-corrected chi connectivity index (χ2v) is 7.35. The topological polar surface area (TPSA) is 125 Å². The molecule has 1 atom stereocenters. The highest BCUT2D eigenvalue weighted by Gasteiger charge is 2.22. The SMILES string of the molecule is CS(=O)CCC(=O)N(CN=[N+]=[N-])c1sc(-c2cncnc2)nc1Cl. The van der Waals surface area contributed by atoms with Gasteiger partial charge in [0.05, 0.1) is 0 Å². The molecule has 126 valence electrons. The van der Waals surface area contributed by atoms with Crippen molar-refractivity contribution < 1.29 is 9.00 Å². The van der Waals surface area contributed by atoms with Crippen LogP contribution >= 0.6 is 22.9 Å². The number of anilines is 1. The highest BCUT2D eigenvalue weighted by Crippen LogP contribution is 2.37. The second kappa shape index (κ2) is 8.69. The van der Waals surface area contributed by atoms with E-state index in [-0.39, 0.29) is 29.9 Å². The molecule has 24 heavy (non-hydrogen) atoms. The lowest BCUT2D eigenvalue weighted by Gasteiger charge is -2.18. The van der Waals surface area contributed by atoms with E-state index in [1.165, 1.54) is 17.5 Å². The number of azide groups is 1. The molecule has 0 saturated carbocycles. The summed E-state index contributed by atoms with van der Waals surface area (Å²) in [6.07, 6.45) is 6.10. The van der Waals surface area contributed by atoms with Crippen LogP contribution in [-0.4, -0.2) is 43.7 Å². The zero-order chi connectivity index (χ0) is 17.5. The van der Waals surface area contributed by atoms with Crippen LogP contribution in [0.3, 0.4) is 0 Å². The molecule has 2 rings (SSSR count). The van der Waals surface area contributed by atoms with Gasteiger partial charge in [-0.1, -0.05) is 28.1 Å².